The van der Waals surface area contributed by atoms with Crippen molar-refractivity contribution in [3.63, 3.8) is 0 Å². The van der Waals surface area contributed by atoms with Gasteiger partial charge in [0.2, 0.25) is 5.92 Å². The Morgan fingerprint density at radius 2 is 2.04 bits per heavy atom. The first kappa shape index (κ1) is 16.8. The molecule has 1 atom stereocenters. The molecule has 1 unspecified atom stereocenters. The van der Waals surface area contributed by atoms with Crippen molar-refractivity contribution in [1.82, 2.24) is 0 Å². The second kappa shape index (κ2) is 7.23. The number of guanidine groups is 1. The van der Waals surface area contributed by atoms with Gasteiger partial charge in [-0.25, -0.2) is 8.78 Å². The highest BCUT2D eigenvalue weighted by atomic mass is 19.3. The molecule has 5 nitrogen and oxygen atoms in total. The SMILES string of the molecule is NC(=NCC1CCCC(F)(F)C1)Nc1ccc2c(c1)OCCCO2. The minimum absolute atomic E-state index is 0.0157. The molecule has 24 heavy (non-hydrogen) atoms. The summed E-state index contributed by atoms with van der Waals surface area (Å²) >= 11 is 0. The normalized spacial score (nSPS) is 23.4. The molecular formula is C17H23F2N3O2. The molecule has 0 bridgehead atoms. The molecule has 132 valence electrons. The molecule has 7 heteroatoms. The Balaban J connectivity index is 1.58. The molecule has 2 aliphatic rings. The molecule has 1 heterocycles. The van der Waals surface area contributed by atoms with E-state index in [9.17, 15) is 8.78 Å². The van der Waals surface area contributed by atoms with Crippen LogP contribution in [0.2, 0.25) is 0 Å². The Morgan fingerprint density at radius 3 is 2.83 bits per heavy atom. The number of hydrogen-bond acceptors (Lipinski definition) is 3. The minimum atomic E-state index is -2.56. The number of nitrogens with zero attached hydrogens (tertiary/aromatic N) is 1. The van der Waals surface area contributed by atoms with Gasteiger partial charge < -0.3 is 20.5 Å². The standard InChI is InChI=1S/C17H23F2N3O2/c18-17(19)6-1-3-12(10-17)11-21-16(20)22-13-4-5-14-15(9-13)24-8-2-7-23-14/h4-5,9,12H,1-3,6-8,10-11H2,(H3,20,21,22). The van der Waals surface area contributed by atoms with Gasteiger partial charge in [0.25, 0.3) is 0 Å². The van der Waals surface area contributed by atoms with Crippen LogP contribution in [0.4, 0.5) is 14.5 Å². The lowest BCUT2D eigenvalue weighted by atomic mass is 9.87. The maximum Gasteiger partial charge on any atom is 0.248 e. The predicted molar refractivity (Wildman–Crippen MR) is 89.1 cm³/mol. The van der Waals surface area contributed by atoms with Gasteiger partial charge in [0.05, 0.1) is 13.2 Å². The number of aliphatic imine (C=N–C) groups is 1. The van der Waals surface area contributed by atoms with Crippen LogP contribution in [0.1, 0.15) is 32.1 Å². The Hall–Kier alpha value is -2.05. The van der Waals surface area contributed by atoms with Crippen molar-refractivity contribution >= 4 is 11.6 Å². The lowest BCUT2D eigenvalue weighted by Crippen LogP contribution is -2.29. The summed E-state index contributed by atoms with van der Waals surface area (Å²) in [6.45, 7) is 1.56. The van der Waals surface area contributed by atoms with Gasteiger partial charge in [-0.1, -0.05) is 0 Å². The predicted octanol–water partition coefficient (Wildman–Crippen LogP) is 3.40. The highest BCUT2D eigenvalue weighted by Gasteiger charge is 2.35. The third-order valence-electron chi connectivity index (χ3n) is 4.28. The molecule has 0 radical (unpaired) electrons. The monoisotopic (exact) mass is 339 g/mol. The van der Waals surface area contributed by atoms with E-state index in [2.05, 4.69) is 10.3 Å². The van der Waals surface area contributed by atoms with Gasteiger partial charge in [-0.3, -0.25) is 4.99 Å². The molecule has 1 saturated carbocycles. The van der Waals surface area contributed by atoms with E-state index >= 15 is 0 Å². The third kappa shape index (κ3) is 4.49. The van der Waals surface area contributed by atoms with Crippen LogP contribution in [-0.4, -0.2) is 31.6 Å². The number of fused-ring (bicyclic) bond motifs is 1. The van der Waals surface area contributed by atoms with Crippen LogP contribution in [0.3, 0.4) is 0 Å². The third-order valence-corrected chi connectivity index (χ3v) is 4.28. The molecule has 1 aliphatic carbocycles. The van der Waals surface area contributed by atoms with E-state index in [-0.39, 0.29) is 24.7 Å². The lowest BCUT2D eigenvalue weighted by molar-refractivity contribution is -0.0507. The van der Waals surface area contributed by atoms with E-state index in [1.807, 2.05) is 12.1 Å². The summed E-state index contributed by atoms with van der Waals surface area (Å²) in [6, 6.07) is 5.44. The van der Waals surface area contributed by atoms with Crippen LogP contribution in [0.5, 0.6) is 11.5 Å². The average Bonchev–Trinajstić information content (AvgIpc) is 2.77. The molecule has 1 aromatic carbocycles. The molecular weight excluding hydrogens is 316 g/mol. The maximum absolute atomic E-state index is 13.4. The Labute approximate surface area is 140 Å². The number of alkyl halides is 2. The van der Waals surface area contributed by atoms with Crippen molar-refractivity contribution in [2.75, 3.05) is 25.1 Å². The summed E-state index contributed by atoms with van der Waals surface area (Å²) in [5.74, 6) is -1.08. The Bertz CT molecular complexity index is 607. The summed E-state index contributed by atoms with van der Waals surface area (Å²) in [7, 11) is 0. The fourth-order valence-electron chi connectivity index (χ4n) is 3.09. The zero-order chi connectivity index (χ0) is 17.0. The molecule has 0 spiro atoms. The molecule has 3 N–H and O–H groups in total. The van der Waals surface area contributed by atoms with E-state index in [1.165, 1.54) is 0 Å². The first-order valence-electron chi connectivity index (χ1n) is 8.36. The van der Waals surface area contributed by atoms with Gasteiger partial charge in [0.15, 0.2) is 17.5 Å². The lowest BCUT2D eigenvalue weighted by Gasteiger charge is -2.27. The summed E-state index contributed by atoms with van der Waals surface area (Å²) in [5, 5.41) is 2.98. The van der Waals surface area contributed by atoms with Crippen LogP contribution in [0, 0.1) is 5.92 Å². The summed E-state index contributed by atoms with van der Waals surface area (Å²) in [6.07, 6.45) is 2.04. The van der Waals surface area contributed by atoms with Crippen LogP contribution in [0.15, 0.2) is 23.2 Å². The molecule has 1 aromatic rings. The van der Waals surface area contributed by atoms with Crippen LogP contribution >= 0.6 is 0 Å². The second-order valence-electron chi connectivity index (χ2n) is 6.38. The van der Waals surface area contributed by atoms with Crippen molar-refractivity contribution in [2.24, 2.45) is 16.6 Å². The van der Waals surface area contributed by atoms with E-state index in [1.54, 1.807) is 6.07 Å². The Kier molecular flexibility index (Phi) is 5.06. The van der Waals surface area contributed by atoms with Crippen molar-refractivity contribution in [3.05, 3.63) is 18.2 Å². The van der Waals surface area contributed by atoms with Crippen molar-refractivity contribution in [1.29, 1.82) is 0 Å². The first-order chi connectivity index (χ1) is 11.5. The number of ether oxygens (including phenoxy) is 2. The molecule has 1 fully saturated rings. The fraction of sp³-hybridized carbons (Fsp3) is 0.588. The topological polar surface area (TPSA) is 68.9 Å². The van der Waals surface area contributed by atoms with E-state index in [4.69, 9.17) is 15.2 Å². The van der Waals surface area contributed by atoms with E-state index in [0.29, 0.717) is 37.7 Å². The highest BCUT2D eigenvalue weighted by Crippen LogP contribution is 2.36. The highest BCUT2D eigenvalue weighted by molar-refractivity contribution is 5.92. The van der Waals surface area contributed by atoms with Gasteiger partial charge in [-0.2, -0.15) is 0 Å². The number of nitrogens with two attached hydrogens (primary N) is 1. The van der Waals surface area contributed by atoms with E-state index < -0.39 is 5.92 Å². The second-order valence-corrected chi connectivity index (χ2v) is 6.38. The van der Waals surface area contributed by atoms with Gasteiger partial charge >= 0.3 is 0 Å². The number of benzene rings is 1. The first-order valence-corrected chi connectivity index (χ1v) is 8.36. The van der Waals surface area contributed by atoms with Gasteiger partial charge in [0, 0.05) is 37.6 Å². The van der Waals surface area contributed by atoms with Crippen molar-refractivity contribution in [3.8, 4) is 11.5 Å². The Morgan fingerprint density at radius 1 is 1.25 bits per heavy atom. The van der Waals surface area contributed by atoms with Gasteiger partial charge in [-0.15, -0.1) is 0 Å². The smallest absolute Gasteiger partial charge is 0.248 e. The quantitative estimate of drug-likeness (QED) is 0.654. The van der Waals surface area contributed by atoms with Crippen LogP contribution in [-0.2, 0) is 0 Å². The number of anilines is 1. The zero-order valence-electron chi connectivity index (χ0n) is 13.6. The van der Waals surface area contributed by atoms with Crippen LogP contribution in [0.25, 0.3) is 0 Å². The van der Waals surface area contributed by atoms with Crippen molar-refractivity contribution in [2.45, 2.75) is 38.0 Å². The number of halogens is 2. The number of nitrogens with one attached hydrogen (secondary N) is 1. The van der Waals surface area contributed by atoms with E-state index in [0.717, 1.165) is 18.5 Å². The molecule has 1 aliphatic heterocycles. The summed E-state index contributed by atoms with van der Waals surface area (Å²) in [4.78, 5) is 4.22. The number of hydrogen-bond donors (Lipinski definition) is 2. The van der Waals surface area contributed by atoms with Crippen molar-refractivity contribution < 1.29 is 18.3 Å². The average molecular weight is 339 g/mol. The van der Waals surface area contributed by atoms with Gasteiger partial charge in [0.1, 0.15) is 0 Å². The molecule has 0 aromatic heterocycles. The van der Waals surface area contributed by atoms with Gasteiger partial charge in [-0.05, 0) is 30.9 Å². The maximum atomic E-state index is 13.4. The van der Waals surface area contributed by atoms with Crippen LogP contribution < -0.4 is 20.5 Å². The molecule has 0 amide bonds. The molecule has 3 rings (SSSR count). The molecule has 0 saturated heterocycles. The summed E-state index contributed by atoms with van der Waals surface area (Å²) in [5.41, 5.74) is 6.61. The zero-order valence-corrected chi connectivity index (χ0v) is 13.6. The fourth-order valence-corrected chi connectivity index (χ4v) is 3.09. The summed E-state index contributed by atoms with van der Waals surface area (Å²) < 4.78 is 38.0. The number of rotatable bonds is 3. The largest absolute Gasteiger partial charge is 0.490 e. The minimum Gasteiger partial charge on any atom is -0.490 e.